The molecule has 1 aromatic heterocycles. The lowest BCUT2D eigenvalue weighted by molar-refractivity contribution is -0.126. The molecule has 3 aromatic rings. The molecular weight excluding hydrogens is 348 g/mol. The summed E-state index contributed by atoms with van der Waals surface area (Å²) >= 11 is 0. The third kappa shape index (κ3) is 4.36. The topological polar surface area (TPSA) is 61.9 Å². The van der Waals surface area contributed by atoms with E-state index in [4.69, 9.17) is 10.4 Å². The van der Waals surface area contributed by atoms with Crippen LogP contribution in [0.15, 0.2) is 72.9 Å². The summed E-state index contributed by atoms with van der Waals surface area (Å²) in [6.07, 6.45) is 5.54. The van der Waals surface area contributed by atoms with E-state index in [0.717, 1.165) is 22.5 Å². The van der Waals surface area contributed by atoms with Crippen LogP contribution in [0.1, 0.15) is 18.9 Å². The standard InChI is InChI=1S/C23H22N4O/c1-18(15-16-24)26(2)22(28)14-13-20-17-27(21-11-7-4-8-12-21)25-23(20)19-9-5-3-6-10-19/h3-14,17-18H,15H2,1-2H3/b14-13+. The number of carbonyl (C=O) groups excluding carboxylic acids is 1. The Morgan fingerprint density at radius 1 is 1.18 bits per heavy atom. The van der Waals surface area contributed by atoms with Gasteiger partial charge < -0.3 is 4.90 Å². The summed E-state index contributed by atoms with van der Waals surface area (Å²) in [5.74, 6) is -0.144. The quantitative estimate of drug-likeness (QED) is 0.607. The maximum Gasteiger partial charge on any atom is 0.246 e. The van der Waals surface area contributed by atoms with E-state index in [1.807, 2.05) is 78.5 Å². The SMILES string of the molecule is CC(CC#N)N(C)C(=O)/C=C/c1cn(-c2ccccc2)nc1-c1ccccc1. The molecule has 0 aliphatic carbocycles. The summed E-state index contributed by atoms with van der Waals surface area (Å²) in [6.45, 7) is 1.86. The molecule has 1 heterocycles. The van der Waals surface area contributed by atoms with Crippen LogP contribution in [0.3, 0.4) is 0 Å². The fraction of sp³-hybridized carbons (Fsp3) is 0.174. The van der Waals surface area contributed by atoms with Crippen LogP contribution in [-0.4, -0.2) is 33.7 Å². The molecule has 0 aliphatic rings. The zero-order valence-electron chi connectivity index (χ0n) is 16.0. The van der Waals surface area contributed by atoms with E-state index in [9.17, 15) is 4.79 Å². The molecule has 0 radical (unpaired) electrons. The number of carbonyl (C=O) groups is 1. The minimum absolute atomic E-state index is 0.136. The van der Waals surface area contributed by atoms with Crippen molar-refractivity contribution in [2.75, 3.05) is 7.05 Å². The summed E-state index contributed by atoms with van der Waals surface area (Å²) in [5, 5.41) is 13.6. The van der Waals surface area contributed by atoms with Crippen molar-refractivity contribution in [1.82, 2.24) is 14.7 Å². The lowest BCUT2D eigenvalue weighted by Gasteiger charge is -2.21. The van der Waals surface area contributed by atoms with Gasteiger partial charge in [0.1, 0.15) is 0 Å². The highest BCUT2D eigenvalue weighted by Gasteiger charge is 2.14. The van der Waals surface area contributed by atoms with Crippen molar-refractivity contribution < 1.29 is 4.79 Å². The normalized spacial score (nSPS) is 11.9. The molecule has 0 aliphatic heterocycles. The Kier molecular flexibility index (Phi) is 6.03. The van der Waals surface area contributed by atoms with Crippen molar-refractivity contribution in [2.45, 2.75) is 19.4 Å². The number of aromatic nitrogens is 2. The fourth-order valence-corrected chi connectivity index (χ4v) is 2.81. The van der Waals surface area contributed by atoms with Crippen molar-refractivity contribution in [2.24, 2.45) is 0 Å². The molecule has 1 amide bonds. The second-order valence-electron chi connectivity index (χ2n) is 6.57. The summed E-state index contributed by atoms with van der Waals surface area (Å²) < 4.78 is 1.81. The highest BCUT2D eigenvalue weighted by molar-refractivity contribution is 5.93. The van der Waals surface area contributed by atoms with Crippen LogP contribution < -0.4 is 0 Å². The van der Waals surface area contributed by atoms with Gasteiger partial charge in [0.2, 0.25) is 5.91 Å². The Balaban J connectivity index is 1.94. The number of hydrogen-bond acceptors (Lipinski definition) is 3. The van der Waals surface area contributed by atoms with Crippen molar-refractivity contribution in [1.29, 1.82) is 5.26 Å². The first kappa shape index (κ1) is 19.1. The molecule has 0 bridgehead atoms. The van der Waals surface area contributed by atoms with Gasteiger partial charge in [-0.2, -0.15) is 10.4 Å². The van der Waals surface area contributed by atoms with Crippen molar-refractivity contribution >= 4 is 12.0 Å². The predicted molar refractivity (Wildman–Crippen MR) is 110 cm³/mol. The van der Waals surface area contributed by atoms with Crippen LogP contribution in [0.4, 0.5) is 0 Å². The van der Waals surface area contributed by atoms with Gasteiger partial charge in [-0.1, -0.05) is 48.5 Å². The number of para-hydroxylation sites is 1. The monoisotopic (exact) mass is 370 g/mol. The zero-order chi connectivity index (χ0) is 19.9. The Labute approximate surface area is 165 Å². The zero-order valence-corrected chi connectivity index (χ0v) is 16.0. The first-order chi connectivity index (χ1) is 13.6. The number of benzene rings is 2. The number of likely N-dealkylation sites (N-methyl/N-ethyl adjacent to an activating group) is 1. The molecule has 3 rings (SSSR count). The van der Waals surface area contributed by atoms with Gasteiger partial charge in [0.25, 0.3) is 0 Å². The molecule has 1 unspecified atom stereocenters. The van der Waals surface area contributed by atoms with Gasteiger partial charge in [-0.3, -0.25) is 4.79 Å². The largest absolute Gasteiger partial charge is 0.338 e. The van der Waals surface area contributed by atoms with Gasteiger partial charge >= 0.3 is 0 Å². The van der Waals surface area contributed by atoms with E-state index in [1.165, 1.54) is 6.08 Å². The third-order valence-electron chi connectivity index (χ3n) is 4.61. The van der Waals surface area contributed by atoms with E-state index in [1.54, 1.807) is 18.0 Å². The molecule has 5 nitrogen and oxygen atoms in total. The lowest BCUT2D eigenvalue weighted by Crippen LogP contribution is -2.33. The van der Waals surface area contributed by atoms with Crippen molar-refractivity contribution in [3.05, 3.63) is 78.5 Å². The first-order valence-electron chi connectivity index (χ1n) is 9.12. The Morgan fingerprint density at radius 3 is 2.46 bits per heavy atom. The van der Waals surface area contributed by atoms with Gasteiger partial charge in [0, 0.05) is 36.5 Å². The summed E-state index contributed by atoms with van der Waals surface area (Å²) in [7, 11) is 1.71. The molecule has 140 valence electrons. The molecule has 0 saturated carbocycles. The molecule has 0 spiro atoms. The minimum atomic E-state index is -0.144. The number of nitriles is 1. The number of nitrogens with zero attached hydrogens (tertiary/aromatic N) is 4. The Bertz CT molecular complexity index is 1000. The molecule has 2 aromatic carbocycles. The van der Waals surface area contributed by atoms with Crippen molar-refractivity contribution in [3.8, 4) is 23.0 Å². The lowest BCUT2D eigenvalue weighted by atomic mass is 10.1. The highest BCUT2D eigenvalue weighted by Crippen LogP contribution is 2.24. The Hall–Kier alpha value is -3.65. The second-order valence-corrected chi connectivity index (χ2v) is 6.57. The van der Waals surface area contributed by atoms with Crippen LogP contribution >= 0.6 is 0 Å². The van der Waals surface area contributed by atoms with Gasteiger partial charge in [0.15, 0.2) is 0 Å². The maximum atomic E-state index is 12.5. The average molecular weight is 370 g/mol. The third-order valence-corrected chi connectivity index (χ3v) is 4.61. The van der Waals surface area contributed by atoms with E-state index >= 15 is 0 Å². The van der Waals surface area contributed by atoms with Crippen LogP contribution in [-0.2, 0) is 4.79 Å². The summed E-state index contributed by atoms with van der Waals surface area (Å²) in [5.41, 5.74) is 3.59. The van der Waals surface area contributed by atoms with Crippen LogP contribution in [0, 0.1) is 11.3 Å². The first-order valence-corrected chi connectivity index (χ1v) is 9.12. The molecule has 0 N–H and O–H groups in total. The molecule has 0 fully saturated rings. The number of amides is 1. The number of hydrogen-bond donors (Lipinski definition) is 0. The molecule has 0 saturated heterocycles. The van der Waals surface area contributed by atoms with E-state index in [-0.39, 0.29) is 11.9 Å². The average Bonchev–Trinajstić information content (AvgIpc) is 3.17. The fourth-order valence-electron chi connectivity index (χ4n) is 2.81. The molecule has 1 atom stereocenters. The molecule has 5 heteroatoms. The second kappa shape index (κ2) is 8.83. The number of rotatable bonds is 6. The Morgan fingerprint density at radius 2 is 1.82 bits per heavy atom. The van der Waals surface area contributed by atoms with Gasteiger partial charge in [-0.25, -0.2) is 4.68 Å². The molecular formula is C23H22N4O. The van der Waals surface area contributed by atoms with E-state index in [2.05, 4.69) is 6.07 Å². The van der Waals surface area contributed by atoms with Crippen molar-refractivity contribution in [3.63, 3.8) is 0 Å². The van der Waals surface area contributed by atoms with Gasteiger partial charge in [-0.15, -0.1) is 0 Å². The highest BCUT2D eigenvalue weighted by atomic mass is 16.2. The van der Waals surface area contributed by atoms with Crippen LogP contribution in [0.2, 0.25) is 0 Å². The van der Waals surface area contributed by atoms with E-state index in [0.29, 0.717) is 6.42 Å². The summed E-state index contributed by atoms with van der Waals surface area (Å²) in [6, 6.07) is 21.7. The predicted octanol–water partition coefficient (Wildman–Crippen LogP) is 4.31. The van der Waals surface area contributed by atoms with Crippen LogP contribution in [0.25, 0.3) is 23.0 Å². The maximum absolute atomic E-state index is 12.5. The molecule has 28 heavy (non-hydrogen) atoms. The van der Waals surface area contributed by atoms with Gasteiger partial charge in [0.05, 0.1) is 23.9 Å². The van der Waals surface area contributed by atoms with Crippen LogP contribution in [0.5, 0.6) is 0 Å². The smallest absolute Gasteiger partial charge is 0.246 e. The summed E-state index contributed by atoms with van der Waals surface area (Å²) in [4.78, 5) is 14.0. The van der Waals surface area contributed by atoms with Gasteiger partial charge in [-0.05, 0) is 25.1 Å². The minimum Gasteiger partial charge on any atom is -0.338 e. The van der Waals surface area contributed by atoms with E-state index < -0.39 is 0 Å².